The van der Waals surface area contributed by atoms with Gasteiger partial charge in [-0.15, -0.1) is 0 Å². The second-order valence-corrected chi connectivity index (χ2v) is 6.98. The molecular formula is C19H32N2. The molecule has 1 unspecified atom stereocenters. The summed E-state index contributed by atoms with van der Waals surface area (Å²) in [5.74, 6) is 0.713. The van der Waals surface area contributed by atoms with Crippen LogP contribution in [0.25, 0.3) is 0 Å². The van der Waals surface area contributed by atoms with Gasteiger partial charge in [-0.2, -0.15) is 0 Å². The number of rotatable bonds is 6. The van der Waals surface area contributed by atoms with E-state index in [9.17, 15) is 0 Å². The first-order chi connectivity index (χ1) is 10.2. The molecule has 1 fully saturated rings. The lowest BCUT2D eigenvalue weighted by Gasteiger charge is -2.24. The largest absolute Gasteiger partial charge is 0.329 e. The summed E-state index contributed by atoms with van der Waals surface area (Å²) in [5.41, 5.74) is 8.79. The summed E-state index contributed by atoms with van der Waals surface area (Å²) in [5, 5.41) is 3.80. The highest BCUT2D eigenvalue weighted by molar-refractivity contribution is 5.25. The van der Waals surface area contributed by atoms with Crippen molar-refractivity contribution in [2.45, 2.75) is 70.9 Å². The van der Waals surface area contributed by atoms with Gasteiger partial charge in [0.25, 0.3) is 0 Å². The Balaban J connectivity index is 1.96. The third-order valence-electron chi connectivity index (χ3n) is 4.55. The summed E-state index contributed by atoms with van der Waals surface area (Å²) in [4.78, 5) is 0. The molecule has 0 spiro atoms. The summed E-state index contributed by atoms with van der Waals surface area (Å²) in [6, 6.07) is 10.0. The SMILES string of the molecule is CC(C)Cc1ccc(C(CN)NC2CCCCCC2)cc1. The molecule has 1 aliphatic rings. The van der Waals surface area contributed by atoms with Crippen LogP contribution in [0.1, 0.15) is 69.5 Å². The van der Waals surface area contributed by atoms with Gasteiger partial charge in [0.05, 0.1) is 0 Å². The predicted molar refractivity (Wildman–Crippen MR) is 91.4 cm³/mol. The molecule has 1 aromatic carbocycles. The Morgan fingerprint density at radius 1 is 1.05 bits per heavy atom. The first-order valence-corrected chi connectivity index (χ1v) is 8.74. The van der Waals surface area contributed by atoms with Gasteiger partial charge in [0.1, 0.15) is 0 Å². The molecule has 1 saturated carbocycles. The van der Waals surface area contributed by atoms with Gasteiger partial charge in [-0.1, -0.05) is 63.8 Å². The zero-order valence-corrected chi connectivity index (χ0v) is 13.8. The Morgan fingerprint density at radius 3 is 2.19 bits per heavy atom. The van der Waals surface area contributed by atoms with Crippen molar-refractivity contribution < 1.29 is 0 Å². The van der Waals surface area contributed by atoms with Crippen molar-refractivity contribution in [3.05, 3.63) is 35.4 Å². The number of benzene rings is 1. The van der Waals surface area contributed by atoms with Gasteiger partial charge >= 0.3 is 0 Å². The van der Waals surface area contributed by atoms with E-state index in [1.165, 1.54) is 49.7 Å². The van der Waals surface area contributed by atoms with Crippen LogP contribution in [0.3, 0.4) is 0 Å². The van der Waals surface area contributed by atoms with Crippen LogP contribution >= 0.6 is 0 Å². The van der Waals surface area contributed by atoms with Crippen LogP contribution in [0, 0.1) is 5.92 Å². The summed E-state index contributed by atoms with van der Waals surface area (Å²) in [6.45, 7) is 5.22. The van der Waals surface area contributed by atoms with E-state index in [0.29, 0.717) is 24.5 Å². The lowest BCUT2D eigenvalue weighted by atomic mass is 9.98. The highest BCUT2D eigenvalue weighted by atomic mass is 15.0. The van der Waals surface area contributed by atoms with Gasteiger partial charge < -0.3 is 11.1 Å². The summed E-state index contributed by atoms with van der Waals surface area (Å²) >= 11 is 0. The summed E-state index contributed by atoms with van der Waals surface area (Å²) in [6.07, 6.45) is 9.29. The van der Waals surface area contributed by atoms with E-state index in [2.05, 4.69) is 43.4 Å². The average Bonchev–Trinajstić information content (AvgIpc) is 2.74. The molecule has 0 saturated heterocycles. The van der Waals surface area contributed by atoms with Crippen molar-refractivity contribution in [2.24, 2.45) is 11.7 Å². The van der Waals surface area contributed by atoms with Crippen LogP contribution in [0.5, 0.6) is 0 Å². The number of nitrogens with two attached hydrogens (primary N) is 1. The Morgan fingerprint density at radius 2 is 1.67 bits per heavy atom. The lowest BCUT2D eigenvalue weighted by Crippen LogP contribution is -2.36. The minimum atomic E-state index is 0.307. The fourth-order valence-corrected chi connectivity index (χ4v) is 3.39. The Kier molecular flexibility index (Phi) is 6.72. The molecule has 0 heterocycles. The van der Waals surface area contributed by atoms with E-state index < -0.39 is 0 Å². The van der Waals surface area contributed by atoms with Gasteiger partial charge in [0.15, 0.2) is 0 Å². The zero-order chi connectivity index (χ0) is 15.1. The quantitative estimate of drug-likeness (QED) is 0.770. The molecule has 0 amide bonds. The molecule has 1 aromatic rings. The van der Waals surface area contributed by atoms with Crippen LogP contribution in [-0.2, 0) is 6.42 Å². The molecule has 0 aromatic heterocycles. The number of hydrogen-bond donors (Lipinski definition) is 2. The van der Waals surface area contributed by atoms with Gasteiger partial charge in [-0.3, -0.25) is 0 Å². The predicted octanol–water partition coefficient (Wildman–Crippen LogP) is 4.20. The molecule has 0 radical (unpaired) electrons. The van der Waals surface area contributed by atoms with E-state index in [1.807, 2.05) is 0 Å². The summed E-state index contributed by atoms with van der Waals surface area (Å²) in [7, 11) is 0. The minimum Gasteiger partial charge on any atom is -0.329 e. The lowest BCUT2D eigenvalue weighted by molar-refractivity contribution is 0.402. The van der Waals surface area contributed by atoms with Crippen molar-refractivity contribution in [1.29, 1.82) is 0 Å². The molecule has 21 heavy (non-hydrogen) atoms. The maximum absolute atomic E-state index is 6.02. The standard InChI is InChI=1S/C19H32N2/c1-15(2)13-16-9-11-17(12-10-16)19(14-20)21-18-7-5-3-4-6-8-18/h9-12,15,18-19,21H,3-8,13-14,20H2,1-2H3. The highest BCUT2D eigenvalue weighted by Crippen LogP contribution is 2.21. The monoisotopic (exact) mass is 288 g/mol. The van der Waals surface area contributed by atoms with Crippen LogP contribution in [0.15, 0.2) is 24.3 Å². The maximum Gasteiger partial charge on any atom is 0.0446 e. The number of nitrogens with one attached hydrogen (secondary N) is 1. The van der Waals surface area contributed by atoms with Crippen molar-refractivity contribution in [3.8, 4) is 0 Å². The van der Waals surface area contributed by atoms with Gasteiger partial charge in [0, 0.05) is 18.6 Å². The molecule has 2 nitrogen and oxygen atoms in total. The molecule has 3 N–H and O–H groups in total. The van der Waals surface area contributed by atoms with Crippen molar-refractivity contribution >= 4 is 0 Å². The van der Waals surface area contributed by atoms with Crippen molar-refractivity contribution in [3.63, 3.8) is 0 Å². The van der Waals surface area contributed by atoms with Crippen LogP contribution < -0.4 is 11.1 Å². The van der Waals surface area contributed by atoms with Crippen molar-refractivity contribution in [2.75, 3.05) is 6.54 Å². The van der Waals surface area contributed by atoms with Crippen LogP contribution in [0.2, 0.25) is 0 Å². The van der Waals surface area contributed by atoms with E-state index in [-0.39, 0.29) is 0 Å². The molecule has 0 bridgehead atoms. The maximum atomic E-state index is 6.02. The Labute approximate surface area is 130 Å². The Hall–Kier alpha value is -0.860. The second-order valence-electron chi connectivity index (χ2n) is 6.98. The van der Waals surface area contributed by atoms with Crippen LogP contribution in [-0.4, -0.2) is 12.6 Å². The highest BCUT2D eigenvalue weighted by Gasteiger charge is 2.17. The molecule has 1 aliphatic carbocycles. The van der Waals surface area contributed by atoms with Gasteiger partial charge in [-0.05, 0) is 36.3 Å². The van der Waals surface area contributed by atoms with Gasteiger partial charge in [-0.25, -0.2) is 0 Å². The minimum absolute atomic E-state index is 0.307. The fourth-order valence-electron chi connectivity index (χ4n) is 3.39. The smallest absolute Gasteiger partial charge is 0.0446 e. The third-order valence-corrected chi connectivity index (χ3v) is 4.55. The van der Waals surface area contributed by atoms with E-state index >= 15 is 0 Å². The molecule has 0 aliphatic heterocycles. The van der Waals surface area contributed by atoms with Gasteiger partial charge in [0.2, 0.25) is 0 Å². The molecule has 118 valence electrons. The summed E-state index contributed by atoms with van der Waals surface area (Å²) < 4.78 is 0. The zero-order valence-electron chi connectivity index (χ0n) is 13.8. The second kappa shape index (κ2) is 8.55. The number of hydrogen-bond acceptors (Lipinski definition) is 2. The van der Waals surface area contributed by atoms with E-state index in [1.54, 1.807) is 0 Å². The topological polar surface area (TPSA) is 38.0 Å². The normalized spacial score (nSPS) is 18.7. The average molecular weight is 288 g/mol. The first-order valence-electron chi connectivity index (χ1n) is 8.74. The molecular weight excluding hydrogens is 256 g/mol. The third kappa shape index (κ3) is 5.44. The molecule has 1 atom stereocenters. The molecule has 2 heteroatoms. The first kappa shape index (κ1) is 16.5. The van der Waals surface area contributed by atoms with Crippen molar-refractivity contribution in [1.82, 2.24) is 5.32 Å². The van der Waals surface area contributed by atoms with Crippen LogP contribution in [0.4, 0.5) is 0 Å². The Bertz CT molecular complexity index is 389. The molecule has 2 rings (SSSR count). The fraction of sp³-hybridized carbons (Fsp3) is 0.684. The van der Waals surface area contributed by atoms with E-state index in [4.69, 9.17) is 5.73 Å². The van der Waals surface area contributed by atoms with E-state index in [0.717, 1.165) is 6.42 Å².